The maximum Gasteiger partial charge on any atom is 0.0725 e. The minimum absolute atomic E-state index is 0.0718. The van der Waals surface area contributed by atoms with Gasteiger partial charge in [0.2, 0.25) is 0 Å². The molecule has 2 rings (SSSR count). The van der Waals surface area contributed by atoms with Crippen LogP contribution < -0.4 is 11.3 Å². The number of hydrogen-bond donors (Lipinski definition) is 2. The summed E-state index contributed by atoms with van der Waals surface area (Å²) >= 11 is 6.94. The third-order valence-electron chi connectivity index (χ3n) is 2.40. The van der Waals surface area contributed by atoms with Crippen molar-refractivity contribution in [2.24, 2.45) is 5.84 Å². The van der Waals surface area contributed by atoms with Crippen LogP contribution >= 0.6 is 31.9 Å². The molecule has 0 aliphatic heterocycles. The number of rotatable bonds is 3. The van der Waals surface area contributed by atoms with E-state index in [9.17, 15) is 0 Å². The van der Waals surface area contributed by atoms with Crippen LogP contribution in [0, 0.1) is 0 Å². The molecule has 0 amide bonds. The molecular weight excluding hydrogens is 346 g/mol. The van der Waals surface area contributed by atoms with E-state index in [1.807, 2.05) is 30.3 Å². The topological polar surface area (TPSA) is 50.9 Å². The molecule has 1 aromatic heterocycles. The van der Waals surface area contributed by atoms with E-state index in [-0.39, 0.29) is 6.04 Å². The number of aromatic nitrogens is 1. The highest BCUT2D eigenvalue weighted by molar-refractivity contribution is 9.11. The minimum atomic E-state index is -0.0718. The van der Waals surface area contributed by atoms with Gasteiger partial charge in [-0.3, -0.25) is 10.8 Å². The van der Waals surface area contributed by atoms with Crippen LogP contribution in [0.2, 0.25) is 0 Å². The molecule has 5 heteroatoms. The third-order valence-corrected chi connectivity index (χ3v) is 3.32. The van der Waals surface area contributed by atoms with Crippen LogP contribution in [0.4, 0.5) is 0 Å². The minimum Gasteiger partial charge on any atom is -0.271 e. The zero-order valence-corrected chi connectivity index (χ0v) is 12.1. The molecule has 88 valence electrons. The third kappa shape index (κ3) is 3.13. The Labute approximate surface area is 117 Å². The van der Waals surface area contributed by atoms with E-state index in [2.05, 4.69) is 42.3 Å². The molecule has 1 unspecified atom stereocenters. The van der Waals surface area contributed by atoms with Gasteiger partial charge in [0.1, 0.15) is 0 Å². The molecule has 3 nitrogen and oxygen atoms in total. The summed E-state index contributed by atoms with van der Waals surface area (Å²) in [7, 11) is 0. The molecular formula is C12H11Br2N3. The highest BCUT2D eigenvalue weighted by Gasteiger charge is 2.13. The van der Waals surface area contributed by atoms with E-state index in [0.717, 1.165) is 20.1 Å². The Morgan fingerprint density at radius 1 is 1.12 bits per heavy atom. The fourth-order valence-corrected chi connectivity index (χ4v) is 3.00. The van der Waals surface area contributed by atoms with E-state index < -0.39 is 0 Å². The highest BCUT2D eigenvalue weighted by Crippen LogP contribution is 2.27. The van der Waals surface area contributed by atoms with Crippen LogP contribution in [0.1, 0.15) is 17.2 Å². The molecule has 0 saturated heterocycles. The molecule has 0 spiro atoms. The summed E-state index contributed by atoms with van der Waals surface area (Å²) in [4.78, 5) is 4.10. The fraction of sp³-hybridized carbons (Fsp3) is 0.0833. The zero-order valence-electron chi connectivity index (χ0n) is 8.90. The summed E-state index contributed by atoms with van der Waals surface area (Å²) in [5, 5.41) is 0. The lowest BCUT2D eigenvalue weighted by Gasteiger charge is -2.17. The summed E-state index contributed by atoms with van der Waals surface area (Å²) in [6.07, 6.45) is 3.55. The van der Waals surface area contributed by atoms with Crippen molar-refractivity contribution in [1.29, 1.82) is 0 Å². The van der Waals surface area contributed by atoms with Crippen LogP contribution in [0.25, 0.3) is 0 Å². The number of nitrogens with two attached hydrogens (primary N) is 1. The maximum atomic E-state index is 5.63. The summed E-state index contributed by atoms with van der Waals surface area (Å²) < 4.78 is 2.01. The van der Waals surface area contributed by atoms with Gasteiger partial charge in [-0.15, -0.1) is 0 Å². The normalized spacial score (nSPS) is 12.4. The first-order valence-electron chi connectivity index (χ1n) is 5.03. The molecule has 1 atom stereocenters. The highest BCUT2D eigenvalue weighted by atomic mass is 79.9. The standard InChI is InChI=1S/C12H11Br2N3/c13-10-4-9(5-11(14)6-10)12(17-15)8-2-1-3-16-7-8/h1-7,12,17H,15H2. The van der Waals surface area contributed by atoms with Gasteiger partial charge in [0.05, 0.1) is 6.04 Å². The van der Waals surface area contributed by atoms with Gasteiger partial charge in [-0.2, -0.15) is 0 Å². The van der Waals surface area contributed by atoms with Crippen LogP contribution in [0.3, 0.4) is 0 Å². The van der Waals surface area contributed by atoms with Crippen molar-refractivity contribution in [3.8, 4) is 0 Å². The van der Waals surface area contributed by atoms with Gasteiger partial charge in [-0.25, -0.2) is 5.43 Å². The van der Waals surface area contributed by atoms with Crippen LogP contribution in [0.5, 0.6) is 0 Å². The lowest BCUT2D eigenvalue weighted by Crippen LogP contribution is -2.28. The average molecular weight is 357 g/mol. The summed E-state index contributed by atoms with van der Waals surface area (Å²) in [5.41, 5.74) is 4.91. The lowest BCUT2D eigenvalue weighted by atomic mass is 10.0. The molecule has 1 heterocycles. The number of hydrogen-bond acceptors (Lipinski definition) is 3. The second kappa shape index (κ2) is 5.73. The van der Waals surface area contributed by atoms with Crippen molar-refractivity contribution >= 4 is 31.9 Å². The van der Waals surface area contributed by atoms with Gasteiger partial charge in [0.15, 0.2) is 0 Å². The number of benzene rings is 1. The first kappa shape index (κ1) is 12.7. The van der Waals surface area contributed by atoms with Gasteiger partial charge >= 0.3 is 0 Å². The Bertz CT molecular complexity index is 482. The largest absolute Gasteiger partial charge is 0.271 e. The molecule has 0 bridgehead atoms. The van der Waals surface area contributed by atoms with E-state index in [0.29, 0.717) is 0 Å². The van der Waals surface area contributed by atoms with Crippen molar-refractivity contribution < 1.29 is 0 Å². The number of hydrazine groups is 1. The van der Waals surface area contributed by atoms with Crippen molar-refractivity contribution in [3.05, 3.63) is 62.8 Å². The number of halogens is 2. The summed E-state index contributed by atoms with van der Waals surface area (Å²) in [6, 6.07) is 9.86. The molecule has 0 radical (unpaired) electrons. The quantitative estimate of drug-likeness (QED) is 0.656. The molecule has 0 saturated carbocycles. The Morgan fingerprint density at radius 2 is 1.82 bits per heavy atom. The van der Waals surface area contributed by atoms with Crippen molar-refractivity contribution in [1.82, 2.24) is 10.4 Å². The second-order valence-electron chi connectivity index (χ2n) is 3.59. The zero-order chi connectivity index (χ0) is 12.3. The first-order valence-corrected chi connectivity index (χ1v) is 6.61. The SMILES string of the molecule is NNC(c1cccnc1)c1cc(Br)cc(Br)c1. The Hall–Kier alpha value is -0.750. The maximum absolute atomic E-state index is 5.63. The smallest absolute Gasteiger partial charge is 0.0725 e. The lowest BCUT2D eigenvalue weighted by molar-refractivity contribution is 0.634. The van der Waals surface area contributed by atoms with E-state index in [1.54, 1.807) is 12.4 Å². The van der Waals surface area contributed by atoms with Gasteiger partial charge in [0, 0.05) is 21.3 Å². The second-order valence-corrected chi connectivity index (χ2v) is 5.42. The summed E-state index contributed by atoms with van der Waals surface area (Å²) in [5.74, 6) is 5.63. The van der Waals surface area contributed by atoms with Gasteiger partial charge in [0.25, 0.3) is 0 Å². The molecule has 1 aromatic carbocycles. The predicted octanol–water partition coefficient (Wildman–Crippen LogP) is 3.16. The van der Waals surface area contributed by atoms with Gasteiger partial charge in [-0.05, 0) is 35.4 Å². The number of nitrogens with zero attached hydrogens (tertiary/aromatic N) is 1. The molecule has 0 aliphatic rings. The van der Waals surface area contributed by atoms with Crippen molar-refractivity contribution in [2.75, 3.05) is 0 Å². The number of pyridine rings is 1. The van der Waals surface area contributed by atoms with Crippen LogP contribution in [-0.4, -0.2) is 4.98 Å². The van der Waals surface area contributed by atoms with Crippen molar-refractivity contribution in [3.63, 3.8) is 0 Å². The number of nitrogens with one attached hydrogen (secondary N) is 1. The van der Waals surface area contributed by atoms with Crippen LogP contribution in [-0.2, 0) is 0 Å². The van der Waals surface area contributed by atoms with Gasteiger partial charge < -0.3 is 0 Å². The fourth-order valence-electron chi connectivity index (χ4n) is 1.67. The summed E-state index contributed by atoms with van der Waals surface area (Å²) in [6.45, 7) is 0. The molecule has 3 N–H and O–H groups in total. The Kier molecular flexibility index (Phi) is 4.28. The van der Waals surface area contributed by atoms with Crippen LogP contribution in [0.15, 0.2) is 51.7 Å². The van der Waals surface area contributed by atoms with Gasteiger partial charge in [-0.1, -0.05) is 37.9 Å². The molecule has 0 fully saturated rings. The van der Waals surface area contributed by atoms with E-state index >= 15 is 0 Å². The molecule has 0 aliphatic carbocycles. The molecule has 17 heavy (non-hydrogen) atoms. The van der Waals surface area contributed by atoms with Crippen molar-refractivity contribution in [2.45, 2.75) is 6.04 Å². The first-order chi connectivity index (χ1) is 8.20. The molecule has 2 aromatic rings. The monoisotopic (exact) mass is 355 g/mol. The van der Waals surface area contributed by atoms with E-state index in [4.69, 9.17) is 5.84 Å². The Balaban J connectivity index is 2.42. The average Bonchev–Trinajstić information content (AvgIpc) is 2.30. The Morgan fingerprint density at radius 3 is 2.35 bits per heavy atom. The predicted molar refractivity (Wildman–Crippen MR) is 75.2 cm³/mol. The van der Waals surface area contributed by atoms with E-state index in [1.165, 1.54) is 0 Å².